The molecular formula is C8H22AsP. The Morgan fingerprint density at radius 1 is 1.00 bits per heavy atom. The zero-order valence-corrected chi connectivity index (χ0v) is 11.1. The molecule has 0 rings (SSSR count). The van der Waals surface area contributed by atoms with Crippen molar-refractivity contribution in [3.05, 3.63) is 0 Å². The van der Waals surface area contributed by atoms with Crippen molar-refractivity contribution in [2.45, 2.75) is 17.1 Å². The molecule has 10 heavy (non-hydrogen) atoms. The molecule has 0 heterocycles. The maximum atomic E-state index is 3.94. The van der Waals surface area contributed by atoms with Gasteiger partial charge in [-0.25, -0.2) is 0 Å². The van der Waals surface area contributed by atoms with Gasteiger partial charge in [-0.05, 0) is 20.0 Å². The van der Waals surface area contributed by atoms with Gasteiger partial charge in [0.05, 0.1) is 0 Å². The fourth-order valence-corrected chi connectivity index (χ4v) is 0. The Kier molecular flexibility index (Phi) is 6.10. The molecule has 0 nitrogen and oxygen atoms in total. The molecule has 0 aliphatic carbocycles. The predicted molar refractivity (Wildman–Crippen MR) is 62.3 cm³/mol. The molecule has 0 atom stereocenters. The van der Waals surface area contributed by atoms with E-state index < -0.39 is 20.0 Å². The summed E-state index contributed by atoms with van der Waals surface area (Å²) in [4.78, 5) is 0. The van der Waals surface area contributed by atoms with Gasteiger partial charge in [0, 0.05) is 0 Å². The Hall–Kier alpha value is 0.728. The van der Waals surface area contributed by atoms with E-state index in [-0.39, 0.29) is 0 Å². The third-order valence-corrected chi connectivity index (χ3v) is 0. The summed E-state index contributed by atoms with van der Waals surface area (Å²) >= 11 is -1.12. The van der Waals surface area contributed by atoms with Gasteiger partial charge < -0.3 is 0 Å². The molecule has 2 heteroatoms. The van der Waals surface area contributed by atoms with E-state index in [1.807, 2.05) is 0 Å². The summed E-state index contributed by atoms with van der Waals surface area (Å²) < 4.78 is 0. The fourth-order valence-electron chi connectivity index (χ4n) is 0. The SMILES string of the molecule is C=P(C)(C)C.C=[As](C)(C)C. The third kappa shape index (κ3) is 982. The molecule has 0 aromatic rings. The first-order valence-electron chi connectivity index (χ1n) is 3.32. The van der Waals surface area contributed by atoms with Gasteiger partial charge in [-0.2, -0.15) is 0 Å². The molecule has 0 bridgehead atoms. The molecule has 0 aliphatic heterocycles. The van der Waals surface area contributed by atoms with E-state index >= 15 is 0 Å². The van der Waals surface area contributed by atoms with Crippen molar-refractivity contribution in [3.63, 3.8) is 0 Å². The van der Waals surface area contributed by atoms with Crippen LogP contribution in [0.3, 0.4) is 0 Å². The van der Waals surface area contributed by atoms with Gasteiger partial charge in [0.1, 0.15) is 0 Å². The average Bonchev–Trinajstić information content (AvgIpc) is 1.12. The zero-order valence-electron chi connectivity index (χ0n) is 8.31. The minimum absolute atomic E-state index is 0.639. The van der Waals surface area contributed by atoms with Crippen LogP contribution in [-0.4, -0.2) is 44.7 Å². The van der Waals surface area contributed by atoms with E-state index in [2.05, 4.69) is 48.7 Å². The Morgan fingerprint density at radius 3 is 1.00 bits per heavy atom. The van der Waals surface area contributed by atoms with Crippen molar-refractivity contribution in [1.82, 2.24) is 0 Å². The predicted octanol–water partition coefficient (Wildman–Crippen LogP) is 2.66. The molecule has 0 spiro atoms. The molecule has 0 amide bonds. The maximum absolute atomic E-state index is 3.94. The minimum atomic E-state index is -1.12. The molecule has 0 aromatic heterocycles. The Morgan fingerprint density at radius 2 is 1.00 bits per heavy atom. The van der Waals surface area contributed by atoms with Gasteiger partial charge in [0.2, 0.25) is 0 Å². The van der Waals surface area contributed by atoms with Crippen LogP contribution in [0.2, 0.25) is 17.1 Å². The van der Waals surface area contributed by atoms with E-state index in [0.29, 0.717) is 0 Å². The van der Waals surface area contributed by atoms with E-state index in [0.717, 1.165) is 0 Å². The summed E-state index contributed by atoms with van der Waals surface area (Å²) in [5.74, 6) is 0. The van der Waals surface area contributed by atoms with Crippen LogP contribution in [0.15, 0.2) is 0 Å². The first-order chi connectivity index (χ1) is 4.00. The van der Waals surface area contributed by atoms with Crippen LogP contribution in [0.5, 0.6) is 0 Å². The summed E-state index contributed by atoms with van der Waals surface area (Å²) in [5, 5.41) is 3.94. The van der Waals surface area contributed by atoms with Crippen molar-refractivity contribution in [2.24, 2.45) is 0 Å². The standard InChI is InChI=1S/C4H11As.C4H11P/c2*1-5(2,3)4/h2*1H2,2-4H3. The molecule has 0 saturated carbocycles. The van der Waals surface area contributed by atoms with Crippen LogP contribution in [0.4, 0.5) is 0 Å². The molecule has 0 unspecified atom stereocenters. The second-order valence-corrected chi connectivity index (χ2v) is 18.8. The molecule has 0 aliphatic rings. The number of rotatable bonds is 0. The van der Waals surface area contributed by atoms with Crippen LogP contribution in [0.25, 0.3) is 0 Å². The molecular weight excluding hydrogens is 202 g/mol. The molecule has 64 valence electrons. The summed E-state index contributed by atoms with van der Waals surface area (Å²) in [7, 11) is 0. The van der Waals surface area contributed by atoms with Gasteiger partial charge >= 0.3 is 35.6 Å². The Balaban J connectivity index is 0. The molecule has 0 saturated heterocycles. The summed E-state index contributed by atoms with van der Waals surface area (Å²) in [5.41, 5.74) is 6.74. The first-order valence-corrected chi connectivity index (χ1v) is 13.6. The molecule has 0 radical (unpaired) electrons. The van der Waals surface area contributed by atoms with Crippen molar-refractivity contribution < 1.29 is 0 Å². The fraction of sp³-hybridized carbons (Fsp3) is 0.750. The molecule has 0 aromatic carbocycles. The van der Waals surface area contributed by atoms with Crippen LogP contribution in [0, 0.1) is 0 Å². The van der Waals surface area contributed by atoms with E-state index in [1.165, 1.54) is 0 Å². The molecule has 0 N–H and O–H groups in total. The zero-order chi connectivity index (χ0) is 9.00. The Bertz CT molecular complexity index is 122. The van der Waals surface area contributed by atoms with Crippen LogP contribution in [0.1, 0.15) is 0 Å². The van der Waals surface area contributed by atoms with Crippen molar-refractivity contribution >= 4 is 31.6 Å². The number of hydrogen-bond donors (Lipinski definition) is 0. The van der Waals surface area contributed by atoms with Crippen LogP contribution in [-0.2, 0) is 0 Å². The van der Waals surface area contributed by atoms with E-state index in [1.54, 1.807) is 0 Å². The third-order valence-electron chi connectivity index (χ3n) is 0. The van der Waals surface area contributed by atoms with Crippen LogP contribution < -0.4 is 0 Å². The first kappa shape index (κ1) is 13.3. The van der Waals surface area contributed by atoms with E-state index in [4.69, 9.17) is 0 Å². The summed E-state index contributed by atoms with van der Waals surface area (Å²) in [6, 6.07) is 0. The quantitative estimate of drug-likeness (QED) is 0.438. The van der Waals surface area contributed by atoms with Crippen molar-refractivity contribution in [1.29, 1.82) is 0 Å². The summed E-state index contributed by atoms with van der Waals surface area (Å²) in [6.45, 7) is 5.92. The van der Waals surface area contributed by atoms with Gasteiger partial charge in [-0.1, -0.05) is 0 Å². The normalized spacial score (nSPS) is 11.8. The van der Waals surface area contributed by atoms with Gasteiger partial charge in [0.25, 0.3) is 0 Å². The molecule has 0 fully saturated rings. The topological polar surface area (TPSA) is 0 Å². The van der Waals surface area contributed by atoms with E-state index in [9.17, 15) is 0 Å². The Labute approximate surface area is 69.0 Å². The van der Waals surface area contributed by atoms with Gasteiger partial charge in [-0.15, -0.1) is 13.2 Å². The second kappa shape index (κ2) is 4.57. The van der Waals surface area contributed by atoms with Gasteiger partial charge in [0.15, 0.2) is 0 Å². The second-order valence-electron chi connectivity index (χ2n) is 4.58. The summed E-state index contributed by atoms with van der Waals surface area (Å²) in [6.07, 6.45) is 3.88. The van der Waals surface area contributed by atoms with Gasteiger partial charge in [-0.3, -0.25) is 0 Å². The number of hydrogen-bond acceptors (Lipinski definition) is 0. The average molecular weight is 224 g/mol. The monoisotopic (exact) mass is 224 g/mol. The van der Waals surface area contributed by atoms with Crippen molar-refractivity contribution in [3.8, 4) is 0 Å². The van der Waals surface area contributed by atoms with Crippen LogP contribution >= 0.6 is 6.89 Å². The van der Waals surface area contributed by atoms with Crippen molar-refractivity contribution in [2.75, 3.05) is 20.0 Å².